The van der Waals surface area contributed by atoms with Crippen LogP contribution in [-0.2, 0) is 54.9 Å². The van der Waals surface area contributed by atoms with Gasteiger partial charge in [-0.05, 0) is 99.6 Å². The Hall–Kier alpha value is -5.14. The summed E-state index contributed by atoms with van der Waals surface area (Å²) in [5, 5.41) is 11.1. The highest BCUT2D eigenvalue weighted by atomic mass is 35.5. The molecule has 1 aromatic carbocycles. The van der Waals surface area contributed by atoms with E-state index in [4.69, 9.17) is 11.6 Å². The molecule has 61 heavy (non-hydrogen) atoms. The molecule has 5 heterocycles. The van der Waals surface area contributed by atoms with Crippen molar-refractivity contribution in [3.05, 3.63) is 70.2 Å². The third-order valence-electron chi connectivity index (χ3n) is 11.4. The molecule has 5 N–H and O–H groups in total. The van der Waals surface area contributed by atoms with Gasteiger partial charge in [0.05, 0.1) is 22.3 Å². The second-order valence-electron chi connectivity index (χ2n) is 16.1. The lowest BCUT2D eigenvalue weighted by molar-refractivity contribution is -0.126. The van der Waals surface area contributed by atoms with Crippen LogP contribution in [0.4, 0.5) is 11.5 Å². The lowest BCUT2D eigenvalue weighted by atomic mass is 9.86. The molecule has 1 saturated heterocycles. The lowest BCUT2D eigenvalue weighted by Crippen LogP contribution is -2.35. The summed E-state index contributed by atoms with van der Waals surface area (Å²) in [5.41, 5.74) is 7.07. The second-order valence-corrected chi connectivity index (χ2v) is 21.0. The number of amides is 3. The molecule has 1 aliphatic heterocycles. The molecule has 3 amide bonds. The number of likely N-dealkylation sites (tertiary alicyclic amines) is 1. The number of hydrogen-bond donors (Lipinski definition) is 5. The van der Waals surface area contributed by atoms with Crippen LogP contribution < -0.4 is 16.0 Å². The van der Waals surface area contributed by atoms with Gasteiger partial charge in [-0.1, -0.05) is 11.6 Å². The van der Waals surface area contributed by atoms with E-state index in [1.165, 1.54) is 25.2 Å². The minimum absolute atomic E-state index is 0.0449. The number of hydrogen-bond acceptors (Lipinski definition) is 12. The molecule has 0 spiro atoms. The zero-order valence-corrected chi connectivity index (χ0v) is 36.6. The number of nitrogens with zero attached hydrogens (tertiary/aromatic N) is 5. The van der Waals surface area contributed by atoms with Crippen LogP contribution in [0.3, 0.4) is 0 Å². The van der Waals surface area contributed by atoms with Crippen LogP contribution in [0.25, 0.3) is 22.1 Å². The van der Waals surface area contributed by atoms with Gasteiger partial charge in [-0.3, -0.25) is 14.4 Å². The van der Waals surface area contributed by atoms with E-state index in [9.17, 15) is 31.2 Å². The second kappa shape index (κ2) is 18.9. The average molecular weight is 896 g/mol. The monoisotopic (exact) mass is 894 g/mol. The van der Waals surface area contributed by atoms with Gasteiger partial charge in [-0.25, -0.2) is 36.8 Å². The van der Waals surface area contributed by atoms with Crippen LogP contribution in [0.1, 0.15) is 71.4 Å². The van der Waals surface area contributed by atoms with Crippen molar-refractivity contribution in [3.8, 4) is 0 Å². The molecule has 2 unspecified atom stereocenters. The van der Waals surface area contributed by atoms with E-state index in [0.717, 1.165) is 89.8 Å². The van der Waals surface area contributed by atoms with E-state index >= 15 is 0 Å². The summed E-state index contributed by atoms with van der Waals surface area (Å²) in [6.07, 6.45) is 12.3. The Morgan fingerprint density at radius 3 is 1.79 bits per heavy atom. The van der Waals surface area contributed by atoms with E-state index in [1.54, 1.807) is 0 Å². The first-order chi connectivity index (χ1) is 29.1. The number of H-pyrrole nitrogens is 2. The predicted molar refractivity (Wildman–Crippen MR) is 233 cm³/mol. The third-order valence-corrected chi connectivity index (χ3v) is 13.8. The van der Waals surface area contributed by atoms with Gasteiger partial charge in [-0.2, -0.15) is 0 Å². The fraction of sp³-hybridized carbons (Fsp3) is 0.488. The van der Waals surface area contributed by atoms with Crippen molar-refractivity contribution in [2.45, 2.75) is 64.2 Å². The first-order valence-electron chi connectivity index (χ1n) is 20.5. The Morgan fingerprint density at radius 1 is 0.738 bits per heavy atom. The number of carbonyl (C=O) groups is 3. The number of anilines is 2. The van der Waals surface area contributed by atoms with E-state index in [1.807, 2.05) is 29.2 Å². The van der Waals surface area contributed by atoms with Gasteiger partial charge in [0.15, 0.2) is 0 Å². The number of aromatic nitrogens is 6. The molecule has 20 heteroatoms. The van der Waals surface area contributed by atoms with Crippen molar-refractivity contribution in [2.24, 2.45) is 11.8 Å². The highest BCUT2D eigenvalue weighted by molar-refractivity contribution is 7.90. The largest absolute Gasteiger partial charge is 0.356 e. The van der Waals surface area contributed by atoms with Gasteiger partial charge in [-0.15, -0.1) is 0 Å². The molecule has 3 aliphatic rings. The molecule has 0 saturated carbocycles. The smallest absolute Gasteiger partial charge is 0.253 e. The molecule has 326 valence electrons. The van der Waals surface area contributed by atoms with Gasteiger partial charge in [0.1, 0.15) is 54.6 Å². The minimum atomic E-state index is -3.04. The number of sulfone groups is 2. The number of aromatic amines is 2. The summed E-state index contributed by atoms with van der Waals surface area (Å²) in [4.78, 5) is 63.4. The topological polar surface area (TPSA) is 242 Å². The molecule has 0 bridgehead atoms. The summed E-state index contributed by atoms with van der Waals surface area (Å²) in [7, 11) is -6.03. The molecule has 5 aromatic rings. The highest BCUT2D eigenvalue weighted by Gasteiger charge is 2.30. The normalized spacial score (nSPS) is 17.6. The molecule has 2 atom stereocenters. The summed E-state index contributed by atoms with van der Waals surface area (Å²) in [5.74, 6) is 0.403. The van der Waals surface area contributed by atoms with Crippen molar-refractivity contribution in [3.63, 3.8) is 0 Å². The molecule has 1 fully saturated rings. The van der Waals surface area contributed by atoms with Crippen molar-refractivity contribution in [1.29, 1.82) is 0 Å². The Labute approximate surface area is 359 Å². The van der Waals surface area contributed by atoms with Crippen LogP contribution in [0.2, 0.25) is 5.15 Å². The van der Waals surface area contributed by atoms with Crippen LogP contribution in [0, 0.1) is 11.8 Å². The zero-order valence-electron chi connectivity index (χ0n) is 34.2. The van der Waals surface area contributed by atoms with Gasteiger partial charge < -0.3 is 30.8 Å². The SMILES string of the molecule is CS(=O)(=O)CCCNC(=O)C1CCc2[nH]c3ncnc(Cl)c3c2C1.CS(=O)(=O)CCCNC(=O)C1CCc2[nH]c3ncnc(Nc4ccc(C(=O)N5CCCC5)cc4)c3c2C1. The Kier molecular flexibility index (Phi) is 13.6. The number of halogens is 1. The number of carbonyl (C=O) groups excluding carboxylic acids is 3. The predicted octanol–water partition coefficient (Wildman–Crippen LogP) is 3.86. The molecule has 8 rings (SSSR count). The average Bonchev–Trinajstić information content (AvgIpc) is 3.99. The highest BCUT2D eigenvalue weighted by Crippen LogP contribution is 2.36. The maximum atomic E-state index is 12.8. The van der Waals surface area contributed by atoms with E-state index < -0.39 is 19.7 Å². The van der Waals surface area contributed by atoms with E-state index in [2.05, 4.69) is 45.9 Å². The maximum absolute atomic E-state index is 12.8. The number of benzene rings is 1. The summed E-state index contributed by atoms with van der Waals surface area (Å²) >= 11 is 6.18. The van der Waals surface area contributed by atoms with Crippen molar-refractivity contribution in [2.75, 3.05) is 55.5 Å². The van der Waals surface area contributed by atoms with E-state index in [-0.39, 0.29) is 41.1 Å². The molecule has 17 nitrogen and oxygen atoms in total. The van der Waals surface area contributed by atoms with Gasteiger partial charge in [0, 0.05) is 73.2 Å². The van der Waals surface area contributed by atoms with E-state index in [0.29, 0.717) is 67.4 Å². The fourth-order valence-corrected chi connectivity index (χ4v) is 9.89. The van der Waals surface area contributed by atoms with Crippen molar-refractivity contribution < 1.29 is 31.2 Å². The number of rotatable bonds is 13. The molecule has 4 aromatic heterocycles. The number of aryl methyl sites for hydroxylation is 2. The first kappa shape index (κ1) is 43.9. The van der Waals surface area contributed by atoms with Crippen LogP contribution >= 0.6 is 11.6 Å². The first-order valence-corrected chi connectivity index (χ1v) is 25.0. The molecular formula is C41H51ClN10O7S2. The summed E-state index contributed by atoms with van der Waals surface area (Å²) in [6, 6.07) is 7.42. The van der Waals surface area contributed by atoms with Crippen molar-refractivity contribution >= 4 is 82.6 Å². The summed E-state index contributed by atoms with van der Waals surface area (Å²) < 4.78 is 44.8. The van der Waals surface area contributed by atoms with Crippen LogP contribution in [0.15, 0.2) is 36.9 Å². The zero-order chi connectivity index (χ0) is 43.3. The Balaban J connectivity index is 0.000000202. The van der Waals surface area contributed by atoms with Crippen LogP contribution in [0.5, 0.6) is 0 Å². The van der Waals surface area contributed by atoms with Crippen LogP contribution in [-0.4, -0.2) is 120 Å². The minimum Gasteiger partial charge on any atom is -0.356 e. The van der Waals surface area contributed by atoms with Crippen molar-refractivity contribution in [1.82, 2.24) is 45.4 Å². The summed E-state index contributed by atoms with van der Waals surface area (Å²) in [6.45, 7) is 2.34. The molecular weight excluding hydrogens is 844 g/mol. The lowest BCUT2D eigenvalue weighted by Gasteiger charge is -2.22. The Bertz CT molecular complexity index is 2640. The Morgan fingerprint density at radius 2 is 1.25 bits per heavy atom. The fourth-order valence-electron chi connectivity index (χ4n) is 8.30. The number of fused-ring (bicyclic) bond motifs is 6. The maximum Gasteiger partial charge on any atom is 0.253 e. The molecule has 2 aliphatic carbocycles. The van der Waals surface area contributed by atoms with Gasteiger partial charge >= 0.3 is 0 Å². The molecule has 0 radical (unpaired) electrons. The quantitative estimate of drug-likeness (QED) is 0.0837. The van der Waals surface area contributed by atoms with Gasteiger partial charge in [0.25, 0.3) is 5.91 Å². The standard InChI is InChI=1S/C26H32N6O4S.C15H19ClN4O3S/c1-37(35,36)14-4-11-27-25(33)18-7-10-21-20(15-18)22-23(28-16-29-24(22)31-21)30-19-8-5-17(6-9-19)26(34)32-12-2-3-13-32;1-24(22,23)6-2-5-17-15(21)9-3-4-11-10(7-9)12-13(16)18-8-19-14(12)20-11/h5-6,8-9,16,18H,2-4,7,10-15H2,1H3,(H,27,33)(H2,28,29,30,31);8-9H,2-7H2,1H3,(H,17,21)(H,18,19,20). The third kappa shape index (κ3) is 11.0. The van der Waals surface area contributed by atoms with Gasteiger partial charge in [0.2, 0.25) is 11.8 Å². The number of nitrogens with one attached hydrogen (secondary N) is 5.